The van der Waals surface area contributed by atoms with E-state index in [2.05, 4.69) is 10.4 Å². The van der Waals surface area contributed by atoms with Crippen LogP contribution in [0.15, 0.2) is 54.7 Å². The molecule has 0 unspecified atom stereocenters. The number of carbonyl (C=O) groups excluding carboxylic acids is 2. The van der Waals surface area contributed by atoms with Gasteiger partial charge in [-0.1, -0.05) is 23.7 Å². The lowest BCUT2D eigenvalue weighted by Gasteiger charge is -2.13. The standard InChI is InChI=1S/C19H13ClF3N3O2/c1-11(27)14-4-2-3-5-16(14)25-18(28)15-10-24-26(17(15)19(21,22)23)13-8-6-12(20)7-9-13/h2-10H,1H3,(H,25,28). The van der Waals surface area contributed by atoms with E-state index in [4.69, 9.17) is 11.6 Å². The third-order valence-electron chi connectivity index (χ3n) is 3.91. The summed E-state index contributed by atoms with van der Waals surface area (Å²) in [5, 5.41) is 6.44. The summed E-state index contributed by atoms with van der Waals surface area (Å²) in [4.78, 5) is 24.2. The molecular formula is C19H13ClF3N3O2. The number of nitrogens with one attached hydrogen (secondary N) is 1. The quantitative estimate of drug-likeness (QED) is 0.619. The summed E-state index contributed by atoms with van der Waals surface area (Å²) in [7, 11) is 0. The van der Waals surface area contributed by atoms with Crippen LogP contribution in [0.1, 0.15) is 33.3 Å². The molecule has 0 saturated heterocycles. The molecule has 0 saturated carbocycles. The molecule has 2 aromatic carbocycles. The molecule has 0 radical (unpaired) electrons. The molecular weight excluding hydrogens is 395 g/mol. The Hall–Kier alpha value is -3.13. The Morgan fingerprint density at radius 1 is 1.04 bits per heavy atom. The van der Waals surface area contributed by atoms with Gasteiger partial charge in [-0.3, -0.25) is 9.59 Å². The molecule has 1 heterocycles. The zero-order chi connectivity index (χ0) is 20.5. The molecule has 3 rings (SSSR count). The number of Topliss-reactive ketones (excluding diaryl/α,β-unsaturated/α-hetero) is 1. The summed E-state index contributed by atoms with van der Waals surface area (Å²) in [6, 6.07) is 11.6. The smallest absolute Gasteiger partial charge is 0.321 e. The molecule has 9 heteroatoms. The maximum absolute atomic E-state index is 13.7. The summed E-state index contributed by atoms with van der Waals surface area (Å²) in [6.45, 7) is 1.30. The van der Waals surface area contributed by atoms with Crippen molar-refractivity contribution in [2.75, 3.05) is 5.32 Å². The van der Waals surface area contributed by atoms with E-state index < -0.39 is 23.3 Å². The normalized spacial score (nSPS) is 11.3. The first-order valence-corrected chi connectivity index (χ1v) is 8.38. The van der Waals surface area contributed by atoms with Crippen LogP contribution in [-0.2, 0) is 6.18 Å². The molecule has 0 aliphatic rings. The van der Waals surface area contributed by atoms with E-state index in [9.17, 15) is 22.8 Å². The van der Waals surface area contributed by atoms with Gasteiger partial charge in [0.2, 0.25) is 0 Å². The molecule has 0 atom stereocenters. The SMILES string of the molecule is CC(=O)c1ccccc1NC(=O)c1cnn(-c2ccc(Cl)cc2)c1C(F)(F)F. The van der Waals surface area contributed by atoms with Crippen molar-refractivity contribution in [1.82, 2.24) is 9.78 Å². The van der Waals surface area contributed by atoms with Gasteiger partial charge in [0, 0.05) is 10.6 Å². The van der Waals surface area contributed by atoms with Gasteiger partial charge >= 0.3 is 6.18 Å². The fraction of sp³-hybridized carbons (Fsp3) is 0.105. The van der Waals surface area contributed by atoms with E-state index >= 15 is 0 Å². The number of amides is 1. The zero-order valence-corrected chi connectivity index (χ0v) is 15.2. The van der Waals surface area contributed by atoms with Gasteiger partial charge in [-0.05, 0) is 43.3 Å². The van der Waals surface area contributed by atoms with E-state index in [1.165, 1.54) is 43.3 Å². The maximum atomic E-state index is 13.7. The summed E-state index contributed by atoms with van der Waals surface area (Å²) in [5.41, 5.74) is -1.49. The number of nitrogens with zero attached hydrogens (tertiary/aromatic N) is 2. The molecule has 0 spiro atoms. The molecule has 5 nitrogen and oxygen atoms in total. The third-order valence-corrected chi connectivity index (χ3v) is 4.16. The van der Waals surface area contributed by atoms with Gasteiger partial charge in [-0.15, -0.1) is 0 Å². The third kappa shape index (κ3) is 3.91. The minimum atomic E-state index is -4.84. The van der Waals surface area contributed by atoms with Crippen molar-refractivity contribution in [2.45, 2.75) is 13.1 Å². The number of anilines is 1. The van der Waals surface area contributed by atoms with Crippen molar-refractivity contribution in [1.29, 1.82) is 0 Å². The Labute approximate surface area is 162 Å². The lowest BCUT2D eigenvalue weighted by atomic mass is 10.1. The lowest BCUT2D eigenvalue weighted by molar-refractivity contribution is -0.143. The molecule has 0 aliphatic carbocycles. The molecule has 1 amide bonds. The van der Waals surface area contributed by atoms with E-state index in [0.29, 0.717) is 9.70 Å². The van der Waals surface area contributed by atoms with Gasteiger partial charge in [0.15, 0.2) is 11.5 Å². The zero-order valence-electron chi connectivity index (χ0n) is 14.4. The van der Waals surface area contributed by atoms with Crippen LogP contribution in [0.4, 0.5) is 18.9 Å². The molecule has 28 heavy (non-hydrogen) atoms. The van der Waals surface area contributed by atoms with Crippen LogP contribution < -0.4 is 5.32 Å². The van der Waals surface area contributed by atoms with Crippen LogP contribution in [0, 0.1) is 0 Å². The molecule has 1 N–H and O–H groups in total. The summed E-state index contributed by atoms with van der Waals surface area (Å²) in [6.07, 6.45) is -4.01. The van der Waals surface area contributed by atoms with Crippen LogP contribution in [0.25, 0.3) is 5.69 Å². The van der Waals surface area contributed by atoms with Gasteiger partial charge in [-0.2, -0.15) is 18.3 Å². The number of ketones is 1. The number of carbonyl (C=O) groups is 2. The van der Waals surface area contributed by atoms with Gasteiger partial charge in [0.1, 0.15) is 0 Å². The Balaban J connectivity index is 2.04. The van der Waals surface area contributed by atoms with Crippen molar-refractivity contribution in [3.63, 3.8) is 0 Å². The highest BCUT2D eigenvalue weighted by Crippen LogP contribution is 2.34. The molecule has 1 aromatic heterocycles. The average molecular weight is 408 g/mol. The molecule has 3 aromatic rings. The Bertz CT molecular complexity index is 1040. The van der Waals surface area contributed by atoms with Gasteiger partial charge in [-0.25, -0.2) is 4.68 Å². The molecule has 0 bridgehead atoms. The van der Waals surface area contributed by atoms with E-state index in [1.807, 2.05) is 0 Å². The lowest BCUT2D eigenvalue weighted by Crippen LogP contribution is -2.21. The number of hydrogen-bond acceptors (Lipinski definition) is 3. The van der Waals surface area contributed by atoms with E-state index in [1.54, 1.807) is 12.1 Å². The number of halogens is 4. The van der Waals surface area contributed by atoms with Gasteiger partial charge in [0.25, 0.3) is 5.91 Å². The van der Waals surface area contributed by atoms with Gasteiger partial charge < -0.3 is 5.32 Å². The van der Waals surface area contributed by atoms with Crippen LogP contribution in [0.5, 0.6) is 0 Å². The Morgan fingerprint density at radius 2 is 1.68 bits per heavy atom. The second kappa shape index (κ2) is 7.47. The topological polar surface area (TPSA) is 64.0 Å². The number of rotatable bonds is 4. The van der Waals surface area contributed by atoms with Crippen LogP contribution in [0.3, 0.4) is 0 Å². The van der Waals surface area contributed by atoms with E-state index in [-0.39, 0.29) is 22.7 Å². The monoisotopic (exact) mass is 407 g/mol. The second-order valence-corrected chi connectivity index (χ2v) is 6.29. The highest BCUT2D eigenvalue weighted by Gasteiger charge is 2.40. The molecule has 0 fully saturated rings. The van der Waals surface area contributed by atoms with Crippen molar-refractivity contribution in [3.05, 3.63) is 76.6 Å². The fourth-order valence-electron chi connectivity index (χ4n) is 2.65. The first-order valence-electron chi connectivity index (χ1n) is 8.01. The molecule has 144 valence electrons. The van der Waals surface area contributed by atoms with Crippen molar-refractivity contribution in [3.8, 4) is 5.69 Å². The predicted molar refractivity (Wildman–Crippen MR) is 98.0 cm³/mol. The number of para-hydroxylation sites is 1. The minimum Gasteiger partial charge on any atom is -0.321 e. The Kier molecular flexibility index (Phi) is 5.24. The summed E-state index contributed by atoms with van der Waals surface area (Å²) >= 11 is 5.77. The van der Waals surface area contributed by atoms with Crippen molar-refractivity contribution >= 4 is 29.0 Å². The summed E-state index contributed by atoms with van der Waals surface area (Å²) < 4.78 is 41.7. The van der Waals surface area contributed by atoms with Crippen LogP contribution >= 0.6 is 11.6 Å². The van der Waals surface area contributed by atoms with Crippen molar-refractivity contribution < 1.29 is 22.8 Å². The number of benzene rings is 2. The van der Waals surface area contributed by atoms with Crippen LogP contribution in [0.2, 0.25) is 5.02 Å². The number of aromatic nitrogens is 2. The van der Waals surface area contributed by atoms with Gasteiger partial charge in [0.05, 0.1) is 23.1 Å². The van der Waals surface area contributed by atoms with E-state index in [0.717, 1.165) is 6.20 Å². The largest absolute Gasteiger partial charge is 0.434 e. The minimum absolute atomic E-state index is 0.0971. The predicted octanol–water partition coefficient (Wildman–Crippen LogP) is 5.00. The highest BCUT2D eigenvalue weighted by atomic mass is 35.5. The first-order chi connectivity index (χ1) is 13.2. The molecule has 0 aliphatic heterocycles. The highest BCUT2D eigenvalue weighted by molar-refractivity contribution is 6.30. The fourth-order valence-corrected chi connectivity index (χ4v) is 2.78. The van der Waals surface area contributed by atoms with Crippen LogP contribution in [-0.4, -0.2) is 21.5 Å². The maximum Gasteiger partial charge on any atom is 0.434 e. The second-order valence-electron chi connectivity index (χ2n) is 5.85. The average Bonchev–Trinajstić information content (AvgIpc) is 3.08. The number of alkyl halides is 3. The summed E-state index contributed by atoms with van der Waals surface area (Å²) in [5.74, 6) is -1.36. The Morgan fingerprint density at radius 3 is 2.29 bits per heavy atom. The number of hydrogen-bond donors (Lipinski definition) is 1. The van der Waals surface area contributed by atoms with Crippen molar-refractivity contribution in [2.24, 2.45) is 0 Å². The first kappa shape index (κ1) is 19.6.